The highest BCUT2D eigenvalue weighted by atomic mass is 32.2. The Hall–Kier alpha value is -1.44. The van der Waals surface area contributed by atoms with Crippen LogP contribution in [0.3, 0.4) is 0 Å². The third-order valence-electron chi connectivity index (χ3n) is 7.26. The highest BCUT2D eigenvalue weighted by Crippen LogP contribution is 2.44. The Labute approximate surface area is 195 Å². The van der Waals surface area contributed by atoms with Gasteiger partial charge in [-0.2, -0.15) is 0 Å². The van der Waals surface area contributed by atoms with Crippen LogP contribution in [0.1, 0.15) is 66.2 Å². The van der Waals surface area contributed by atoms with Gasteiger partial charge in [-0.05, 0) is 51.0 Å². The standard InChI is InChI=1S/C25H37NO5S/c1-15(11-19-14-32-17(3)26-19)20-10-8-6-5-7-9-18-13-25(4,21(27)12-22(28)31-20)24(30)16(2)23(18)29/h6,8,11,16,18-21,23,27,29H,5,7,9-10,12-14H2,1-4H3/b8-6-,15-11+/t16-,18+,19?,20-,21-,23-,25+/m0/s1. The number of nitrogens with zero attached hydrogens (tertiary/aromatic N) is 1. The number of hydrogen-bond acceptors (Lipinski definition) is 7. The average molecular weight is 464 g/mol. The zero-order valence-electron chi connectivity index (χ0n) is 19.6. The number of rotatable bonds is 2. The minimum atomic E-state index is -1.14. The van der Waals surface area contributed by atoms with E-state index in [0.717, 1.165) is 35.6 Å². The van der Waals surface area contributed by atoms with Gasteiger partial charge in [-0.1, -0.05) is 32.1 Å². The van der Waals surface area contributed by atoms with E-state index in [1.165, 1.54) is 0 Å². The van der Waals surface area contributed by atoms with Crippen molar-refractivity contribution in [1.82, 2.24) is 0 Å². The van der Waals surface area contributed by atoms with Gasteiger partial charge in [0, 0.05) is 18.1 Å². The molecule has 32 heavy (non-hydrogen) atoms. The summed E-state index contributed by atoms with van der Waals surface area (Å²) in [6.07, 6.45) is 7.21. The lowest BCUT2D eigenvalue weighted by molar-refractivity contribution is -0.161. The van der Waals surface area contributed by atoms with Gasteiger partial charge in [-0.3, -0.25) is 14.6 Å². The lowest BCUT2D eigenvalue weighted by Crippen LogP contribution is -2.54. The number of hydrogen-bond donors (Lipinski definition) is 2. The van der Waals surface area contributed by atoms with E-state index in [0.29, 0.717) is 12.8 Å². The fourth-order valence-electron chi connectivity index (χ4n) is 5.19. The SMILES string of the molecule is CC1=NC(/C=C(\C)[C@@H]2C/C=C\CCC[C@@H]3C[C@@](C)(C(=O)[C@@H](C)[C@@H]3O)[C@@H](O)CC(=O)O2)CS1. The van der Waals surface area contributed by atoms with E-state index in [-0.39, 0.29) is 24.2 Å². The van der Waals surface area contributed by atoms with Crippen LogP contribution in [0.2, 0.25) is 0 Å². The third-order valence-corrected chi connectivity index (χ3v) is 8.29. The maximum absolute atomic E-state index is 13.0. The van der Waals surface area contributed by atoms with Gasteiger partial charge < -0.3 is 14.9 Å². The minimum absolute atomic E-state index is 0.0686. The van der Waals surface area contributed by atoms with Gasteiger partial charge in [0.1, 0.15) is 11.9 Å². The van der Waals surface area contributed by atoms with Gasteiger partial charge >= 0.3 is 5.97 Å². The molecule has 3 rings (SSSR count). The first kappa shape index (κ1) is 25.2. The fraction of sp³-hybridized carbons (Fsp3) is 0.720. The summed E-state index contributed by atoms with van der Waals surface area (Å²) in [6.45, 7) is 7.41. The first-order valence-electron chi connectivity index (χ1n) is 11.7. The summed E-state index contributed by atoms with van der Waals surface area (Å²) < 4.78 is 5.80. The first-order valence-corrected chi connectivity index (χ1v) is 12.7. The van der Waals surface area contributed by atoms with E-state index in [1.54, 1.807) is 25.6 Å². The van der Waals surface area contributed by atoms with Gasteiger partial charge in [0.25, 0.3) is 0 Å². The van der Waals surface area contributed by atoms with E-state index in [4.69, 9.17) is 4.74 Å². The van der Waals surface area contributed by atoms with E-state index < -0.39 is 35.6 Å². The lowest BCUT2D eigenvalue weighted by atomic mass is 9.60. The number of aliphatic hydroxyl groups excluding tert-OH is 2. The Morgan fingerprint density at radius 2 is 2.06 bits per heavy atom. The van der Waals surface area contributed by atoms with Crippen LogP contribution in [-0.4, -0.2) is 57.1 Å². The molecule has 1 unspecified atom stereocenters. The summed E-state index contributed by atoms with van der Waals surface area (Å²) in [5.41, 5.74) is -0.110. The normalized spacial score (nSPS) is 40.9. The van der Waals surface area contributed by atoms with Crippen LogP contribution in [0.4, 0.5) is 0 Å². The van der Waals surface area contributed by atoms with Crippen molar-refractivity contribution < 1.29 is 24.5 Å². The van der Waals surface area contributed by atoms with E-state index in [2.05, 4.69) is 17.1 Å². The van der Waals surface area contributed by atoms with Crippen LogP contribution < -0.4 is 0 Å². The molecule has 7 heteroatoms. The second-order valence-electron chi connectivity index (χ2n) is 9.80. The molecule has 2 aliphatic heterocycles. The molecule has 7 atom stereocenters. The Morgan fingerprint density at radius 3 is 2.75 bits per heavy atom. The Morgan fingerprint density at radius 1 is 1.31 bits per heavy atom. The molecule has 0 aromatic heterocycles. The van der Waals surface area contributed by atoms with Gasteiger partial charge in [-0.25, -0.2) is 0 Å². The Kier molecular flexibility index (Phi) is 8.39. The van der Waals surface area contributed by atoms with Crippen molar-refractivity contribution in [2.45, 2.75) is 90.6 Å². The molecule has 0 radical (unpaired) electrons. The van der Waals surface area contributed by atoms with Crippen LogP contribution in [0.25, 0.3) is 0 Å². The second kappa shape index (κ2) is 10.7. The van der Waals surface area contributed by atoms with Gasteiger partial charge in [0.05, 0.1) is 35.1 Å². The maximum atomic E-state index is 13.0. The number of carbonyl (C=O) groups excluding carboxylic acids is 2. The lowest BCUT2D eigenvalue weighted by Gasteiger charge is -2.45. The smallest absolute Gasteiger partial charge is 0.309 e. The summed E-state index contributed by atoms with van der Waals surface area (Å²) >= 11 is 1.73. The maximum Gasteiger partial charge on any atom is 0.309 e. The van der Waals surface area contributed by atoms with Crippen LogP contribution >= 0.6 is 11.8 Å². The van der Waals surface area contributed by atoms with Crippen molar-refractivity contribution in [1.29, 1.82) is 0 Å². The molecule has 0 aromatic rings. The summed E-state index contributed by atoms with van der Waals surface area (Å²) in [6, 6.07) is 0.0880. The molecule has 0 amide bonds. The molecule has 0 saturated heterocycles. The molecule has 1 aliphatic carbocycles. The Bertz CT molecular complexity index is 806. The predicted molar refractivity (Wildman–Crippen MR) is 128 cm³/mol. The van der Waals surface area contributed by atoms with E-state index in [1.807, 2.05) is 19.9 Å². The first-order chi connectivity index (χ1) is 15.1. The van der Waals surface area contributed by atoms with Crippen molar-refractivity contribution in [2.75, 3.05) is 5.75 Å². The number of Topliss-reactive ketones (excluding diaryl/α,β-unsaturated/α-hetero) is 1. The zero-order valence-corrected chi connectivity index (χ0v) is 20.4. The minimum Gasteiger partial charge on any atom is -0.457 e. The number of thioether (sulfide) groups is 1. The van der Waals surface area contributed by atoms with Crippen LogP contribution in [0.5, 0.6) is 0 Å². The monoisotopic (exact) mass is 463 g/mol. The van der Waals surface area contributed by atoms with Gasteiger partial charge in [0.15, 0.2) is 0 Å². The molecule has 1 fully saturated rings. The Balaban J connectivity index is 1.80. The molecule has 178 valence electrons. The molecule has 3 aliphatic rings. The van der Waals surface area contributed by atoms with Crippen molar-refractivity contribution in [3.8, 4) is 0 Å². The van der Waals surface area contributed by atoms with Crippen molar-refractivity contribution in [2.24, 2.45) is 22.2 Å². The quantitative estimate of drug-likeness (QED) is 0.477. The largest absolute Gasteiger partial charge is 0.457 e. The second-order valence-corrected chi connectivity index (χ2v) is 11.0. The van der Waals surface area contributed by atoms with Crippen molar-refractivity contribution in [3.63, 3.8) is 0 Å². The molecule has 1 saturated carbocycles. The molecule has 0 aromatic carbocycles. The van der Waals surface area contributed by atoms with Crippen molar-refractivity contribution >= 4 is 28.6 Å². The molecule has 2 bridgehead atoms. The average Bonchev–Trinajstić information content (AvgIpc) is 3.15. The van der Waals surface area contributed by atoms with Gasteiger partial charge in [0.2, 0.25) is 0 Å². The number of ether oxygens (including phenoxy) is 1. The molecule has 2 heterocycles. The summed E-state index contributed by atoms with van der Waals surface area (Å²) in [5.74, 6) is -0.414. The highest BCUT2D eigenvalue weighted by Gasteiger charge is 2.51. The van der Waals surface area contributed by atoms with Gasteiger partial charge in [-0.15, -0.1) is 11.8 Å². The number of ketones is 1. The van der Waals surface area contributed by atoms with E-state index in [9.17, 15) is 19.8 Å². The molecular formula is C25H37NO5S. The molecule has 6 nitrogen and oxygen atoms in total. The number of carbonyl (C=O) groups is 2. The number of esters is 1. The summed E-state index contributed by atoms with van der Waals surface area (Å²) in [7, 11) is 0. The fourth-order valence-corrected chi connectivity index (χ4v) is 5.98. The molecule has 0 spiro atoms. The van der Waals surface area contributed by atoms with Crippen LogP contribution in [0.15, 0.2) is 28.8 Å². The van der Waals surface area contributed by atoms with E-state index >= 15 is 0 Å². The van der Waals surface area contributed by atoms with Crippen molar-refractivity contribution in [3.05, 3.63) is 23.8 Å². The van der Waals surface area contributed by atoms with Crippen LogP contribution in [0, 0.1) is 17.3 Å². The number of fused-ring (bicyclic) bond motifs is 2. The topological polar surface area (TPSA) is 96.2 Å². The number of cyclic esters (lactones) is 1. The number of aliphatic hydroxyl groups is 2. The number of aliphatic imine (C=N–C) groups is 1. The zero-order chi connectivity index (χ0) is 23.5. The summed E-state index contributed by atoms with van der Waals surface area (Å²) in [4.78, 5) is 30.4. The third kappa shape index (κ3) is 5.72. The molecular weight excluding hydrogens is 426 g/mol. The summed E-state index contributed by atoms with van der Waals surface area (Å²) in [5, 5.41) is 22.6. The predicted octanol–water partition coefficient (Wildman–Crippen LogP) is 3.85. The van der Waals surface area contributed by atoms with Crippen LogP contribution in [-0.2, 0) is 14.3 Å². The number of allylic oxidation sites excluding steroid dienone is 1. The molecule has 2 N–H and O–H groups in total. The highest BCUT2D eigenvalue weighted by molar-refractivity contribution is 8.14.